The standard InChI is InChI=1S/C27H37N5O5/c1-16-11-18(3-6-23(16)33)13-20(15-29-25(34)12-17(2)28)27(36)32-9-7-21(8-10-32)30-26(35)22-14-24(37-31-22)19-4-5-19/h3,6,11,14,17,19-21,33H,4-5,7-10,12-13,15,28H2,1-2H3,(H,29,34)(H,30,35)/t17-,20+/m0/s1. The third-order valence-corrected chi connectivity index (χ3v) is 7.03. The van der Waals surface area contributed by atoms with Crippen LogP contribution in [0.15, 0.2) is 28.8 Å². The number of hydrogen-bond acceptors (Lipinski definition) is 7. The van der Waals surface area contributed by atoms with Crippen LogP contribution >= 0.6 is 0 Å². The molecule has 1 saturated heterocycles. The molecule has 0 spiro atoms. The van der Waals surface area contributed by atoms with E-state index in [0.29, 0.717) is 44.0 Å². The van der Waals surface area contributed by atoms with Crippen LogP contribution in [0.4, 0.5) is 0 Å². The van der Waals surface area contributed by atoms with E-state index in [4.69, 9.17) is 10.3 Å². The van der Waals surface area contributed by atoms with E-state index in [-0.39, 0.29) is 48.5 Å². The maximum Gasteiger partial charge on any atom is 0.273 e. The molecular formula is C27H37N5O5. The predicted octanol–water partition coefficient (Wildman–Crippen LogP) is 2.00. The summed E-state index contributed by atoms with van der Waals surface area (Å²) >= 11 is 0. The van der Waals surface area contributed by atoms with E-state index in [9.17, 15) is 19.5 Å². The molecule has 1 aromatic carbocycles. The van der Waals surface area contributed by atoms with Gasteiger partial charge in [-0.1, -0.05) is 17.3 Å². The lowest BCUT2D eigenvalue weighted by molar-refractivity contribution is -0.136. The molecule has 0 bridgehead atoms. The van der Waals surface area contributed by atoms with Crippen LogP contribution in [0.2, 0.25) is 0 Å². The number of carbonyl (C=O) groups is 3. The van der Waals surface area contributed by atoms with Gasteiger partial charge < -0.3 is 30.9 Å². The average molecular weight is 512 g/mol. The van der Waals surface area contributed by atoms with Crippen LogP contribution in [0.25, 0.3) is 0 Å². The van der Waals surface area contributed by atoms with Crippen molar-refractivity contribution in [3.63, 3.8) is 0 Å². The lowest BCUT2D eigenvalue weighted by Crippen LogP contribution is -2.50. The molecule has 2 heterocycles. The number of nitrogens with one attached hydrogen (secondary N) is 2. The summed E-state index contributed by atoms with van der Waals surface area (Å²) < 4.78 is 5.28. The van der Waals surface area contributed by atoms with E-state index in [1.54, 1.807) is 30.0 Å². The number of piperidine rings is 1. The van der Waals surface area contributed by atoms with Crippen molar-refractivity contribution in [2.24, 2.45) is 11.7 Å². The molecule has 1 saturated carbocycles. The van der Waals surface area contributed by atoms with E-state index in [1.165, 1.54) is 0 Å². The minimum absolute atomic E-state index is 0.0397. The molecule has 4 rings (SSSR count). The number of aromatic hydroxyl groups is 1. The van der Waals surface area contributed by atoms with Crippen molar-refractivity contribution in [3.05, 3.63) is 46.8 Å². The number of amides is 3. The maximum atomic E-state index is 13.5. The zero-order chi connectivity index (χ0) is 26.5. The van der Waals surface area contributed by atoms with Gasteiger partial charge in [-0.2, -0.15) is 0 Å². The van der Waals surface area contributed by atoms with Crippen LogP contribution in [0.1, 0.15) is 72.3 Å². The molecule has 2 aromatic rings. The number of likely N-dealkylation sites (tertiary alicyclic amines) is 1. The topological polar surface area (TPSA) is 151 Å². The Hall–Kier alpha value is -3.40. The molecule has 2 atom stereocenters. The predicted molar refractivity (Wildman–Crippen MR) is 137 cm³/mol. The summed E-state index contributed by atoms with van der Waals surface area (Å²) in [7, 11) is 0. The number of nitrogens with two attached hydrogens (primary N) is 1. The molecule has 0 radical (unpaired) electrons. The van der Waals surface area contributed by atoms with Crippen molar-refractivity contribution < 1.29 is 24.0 Å². The minimum atomic E-state index is -0.455. The van der Waals surface area contributed by atoms with E-state index in [1.807, 2.05) is 13.0 Å². The molecular weight excluding hydrogens is 474 g/mol. The van der Waals surface area contributed by atoms with Crippen LogP contribution < -0.4 is 16.4 Å². The molecule has 1 aromatic heterocycles. The second-order valence-electron chi connectivity index (χ2n) is 10.5. The molecule has 10 nitrogen and oxygen atoms in total. The number of phenols is 1. The molecule has 37 heavy (non-hydrogen) atoms. The van der Waals surface area contributed by atoms with Crippen LogP contribution in [-0.2, 0) is 16.0 Å². The zero-order valence-electron chi connectivity index (χ0n) is 21.5. The number of phenolic OH excluding ortho intramolecular Hbond substituents is 1. The first kappa shape index (κ1) is 26.7. The second kappa shape index (κ2) is 11.8. The van der Waals surface area contributed by atoms with Gasteiger partial charge in [-0.15, -0.1) is 0 Å². The van der Waals surface area contributed by atoms with Gasteiger partial charge in [0.05, 0.1) is 5.92 Å². The van der Waals surface area contributed by atoms with Gasteiger partial charge in [0.15, 0.2) is 5.69 Å². The average Bonchev–Trinajstić information content (AvgIpc) is 3.59. The summed E-state index contributed by atoms with van der Waals surface area (Å²) in [6.07, 6.45) is 4.04. The Bertz CT molecular complexity index is 1120. The Balaban J connectivity index is 1.33. The van der Waals surface area contributed by atoms with Crippen molar-refractivity contribution in [2.45, 2.75) is 70.4 Å². The van der Waals surface area contributed by atoms with Crippen LogP contribution in [0.3, 0.4) is 0 Å². The Morgan fingerprint density at radius 1 is 1.19 bits per heavy atom. The quantitative estimate of drug-likeness (QED) is 0.381. The SMILES string of the molecule is Cc1cc(C[C@H](CNC(=O)C[C@H](C)N)C(=O)N2CCC(NC(=O)c3cc(C4CC4)on3)CC2)ccc1O. The number of hydrogen-bond donors (Lipinski definition) is 4. The Kier molecular flexibility index (Phi) is 8.48. The van der Waals surface area contributed by atoms with Gasteiger partial charge in [-0.3, -0.25) is 14.4 Å². The fourth-order valence-corrected chi connectivity index (χ4v) is 4.70. The first-order chi connectivity index (χ1) is 17.7. The van der Waals surface area contributed by atoms with Crippen molar-refractivity contribution in [3.8, 4) is 5.75 Å². The smallest absolute Gasteiger partial charge is 0.273 e. The molecule has 5 N–H and O–H groups in total. The molecule has 1 aliphatic heterocycles. The van der Waals surface area contributed by atoms with E-state index < -0.39 is 5.92 Å². The highest BCUT2D eigenvalue weighted by atomic mass is 16.5. The lowest BCUT2D eigenvalue weighted by atomic mass is 9.94. The largest absolute Gasteiger partial charge is 0.508 e. The monoisotopic (exact) mass is 511 g/mol. The summed E-state index contributed by atoms with van der Waals surface area (Å²) in [5, 5.41) is 19.6. The summed E-state index contributed by atoms with van der Waals surface area (Å²) in [4.78, 5) is 40.1. The summed E-state index contributed by atoms with van der Waals surface area (Å²) in [5.74, 6) is 0.436. The Morgan fingerprint density at radius 2 is 1.92 bits per heavy atom. The summed E-state index contributed by atoms with van der Waals surface area (Å²) in [6, 6.07) is 6.69. The second-order valence-corrected chi connectivity index (χ2v) is 10.5. The maximum absolute atomic E-state index is 13.5. The highest BCUT2D eigenvalue weighted by molar-refractivity contribution is 5.92. The number of rotatable bonds is 10. The minimum Gasteiger partial charge on any atom is -0.508 e. The van der Waals surface area contributed by atoms with Gasteiger partial charge in [0.25, 0.3) is 5.91 Å². The molecule has 200 valence electrons. The van der Waals surface area contributed by atoms with Crippen molar-refractivity contribution >= 4 is 17.7 Å². The zero-order valence-corrected chi connectivity index (χ0v) is 21.5. The molecule has 10 heteroatoms. The summed E-state index contributed by atoms with van der Waals surface area (Å²) in [5.41, 5.74) is 7.68. The van der Waals surface area contributed by atoms with Gasteiger partial charge in [0.1, 0.15) is 11.5 Å². The number of nitrogens with zero attached hydrogens (tertiary/aromatic N) is 2. The van der Waals surface area contributed by atoms with Gasteiger partial charge in [0, 0.05) is 50.1 Å². The number of aryl methyl sites for hydroxylation is 1. The number of aromatic nitrogens is 1. The van der Waals surface area contributed by atoms with E-state index in [2.05, 4.69) is 15.8 Å². The fourth-order valence-electron chi connectivity index (χ4n) is 4.70. The van der Waals surface area contributed by atoms with E-state index in [0.717, 1.165) is 29.7 Å². The molecule has 0 unspecified atom stereocenters. The first-order valence-corrected chi connectivity index (χ1v) is 13.1. The molecule has 2 fully saturated rings. The highest BCUT2D eigenvalue weighted by Crippen LogP contribution is 2.40. The normalized spacial score (nSPS) is 17.8. The third-order valence-electron chi connectivity index (χ3n) is 7.03. The van der Waals surface area contributed by atoms with E-state index >= 15 is 0 Å². The fraction of sp³-hybridized carbons (Fsp3) is 0.556. The van der Waals surface area contributed by atoms with Crippen molar-refractivity contribution in [1.29, 1.82) is 0 Å². The van der Waals surface area contributed by atoms with Gasteiger partial charge in [0.2, 0.25) is 11.8 Å². The van der Waals surface area contributed by atoms with Gasteiger partial charge in [-0.25, -0.2) is 0 Å². The third kappa shape index (κ3) is 7.31. The highest BCUT2D eigenvalue weighted by Gasteiger charge is 2.31. The summed E-state index contributed by atoms with van der Waals surface area (Å²) in [6.45, 7) is 4.80. The van der Waals surface area contributed by atoms with Crippen molar-refractivity contribution in [2.75, 3.05) is 19.6 Å². The van der Waals surface area contributed by atoms with Gasteiger partial charge in [-0.05, 0) is 63.1 Å². The molecule has 2 aliphatic rings. The molecule has 3 amide bonds. The Labute approximate surface area is 216 Å². The van der Waals surface area contributed by atoms with Crippen LogP contribution in [0, 0.1) is 12.8 Å². The van der Waals surface area contributed by atoms with Crippen molar-refractivity contribution in [1.82, 2.24) is 20.7 Å². The number of carbonyl (C=O) groups excluding carboxylic acids is 3. The van der Waals surface area contributed by atoms with Crippen LogP contribution in [0.5, 0.6) is 5.75 Å². The van der Waals surface area contributed by atoms with Gasteiger partial charge >= 0.3 is 0 Å². The first-order valence-electron chi connectivity index (χ1n) is 13.1. The lowest BCUT2D eigenvalue weighted by Gasteiger charge is -2.34. The number of benzene rings is 1. The Morgan fingerprint density at radius 3 is 2.57 bits per heavy atom. The molecule has 1 aliphatic carbocycles. The van der Waals surface area contributed by atoms with Crippen LogP contribution in [-0.4, -0.2) is 64.6 Å².